The van der Waals surface area contributed by atoms with Crippen molar-refractivity contribution in [1.29, 1.82) is 0 Å². The Morgan fingerprint density at radius 2 is 1.95 bits per heavy atom. The van der Waals surface area contributed by atoms with Gasteiger partial charge in [0.25, 0.3) is 0 Å². The highest BCUT2D eigenvalue weighted by Gasteiger charge is 2.36. The number of rotatable bonds is 6. The Balaban J connectivity index is 1.83. The summed E-state index contributed by atoms with van der Waals surface area (Å²) in [5.74, 6) is -0.0329. The molecule has 2 aliphatic rings. The summed E-state index contributed by atoms with van der Waals surface area (Å²) in [5.41, 5.74) is -0.402. The molecule has 0 radical (unpaired) electrons. The zero-order valence-electron chi connectivity index (χ0n) is 11.9. The molecule has 0 saturated carbocycles. The SMILES string of the molecule is NS(=O)(=O)CC1(COCC2CCCCO2)CCOCC1. The molecule has 7 heteroatoms. The molecule has 0 aromatic carbocycles. The van der Waals surface area contributed by atoms with E-state index in [1.54, 1.807) is 0 Å². The van der Waals surface area contributed by atoms with Crippen LogP contribution in [-0.4, -0.2) is 53.3 Å². The normalized spacial score (nSPS) is 27.4. The molecule has 2 aliphatic heterocycles. The topological polar surface area (TPSA) is 87.9 Å². The molecule has 20 heavy (non-hydrogen) atoms. The van der Waals surface area contributed by atoms with E-state index in [9.17, 15) is 8.42 Å². The number of ether oxygens (including phenoxy) is 3. The van der Waals surface area contributed by atoms with Gasteiger partial charge in [-0.25, -0.2) is 13.6 Å². The van der Waals surface area contributed by atoms with Crippen molar-refractivity contribution in [1.82, 2.24) is 0 Å². The molecule has 118 valence electrons. The quantitative estimate of drug-likeness (QED) is 0.778. The van der Waals surface area contributed by atoms with Gasteiger partial charge in [0.1, 0.15) is 0 Å². The molecule has 0 spiro atoms. The largest absolute Gasteiger partial charge is 0.381 e. The minimum atomic E-state index is -3.50. The Bertz CT molecular complexity index is 386. The Kier molecular flexibility index (Phi) is 5.80. The Hall–Kier alpha value is -0.210. The standard InChI is InChI=1S/C13H25NO5S/c14-20(15,16)11-13(4-7-17-8-5-13)10-18-9-12-3-1-2-6-19-12/h12H,1-11H2,(H2,14,15,16). The van der Waals surface area contributed by atoms with Crippen molar-refractivity contribution in [2.45, 2.75) is 38.2 Å². The van der Waals surface area contributed by atoms with Crippen LogP contribution >= 0.6 is 0 Å². The van der Waals surface area contributed by atoms with Gasteiger partial charge in [-0.15, -0.1) is 0 Å². The lowest BCUT2D eigenvalue weighted by molar-refractivity contribution is -0.0744. The van der Waals surface area contributed by atoms with Crippen LogP contribution in [-0.2, 0) is 24.2 Å². The fourth-order valence-corrected chi connectivity index (χ4v) is 4.13. The summed E-state index contributed by atoms with van der Waals surface area (Å²) in [5, 5.41) is 5.22. The van der Waals surface area contributed by atoms with Gasteiger partial charge < -0.3 is 14.2 Å². The van der Waals surface area contributed by atoms with E-state index in [1.165, 1.54) is 6.42 Å². The van der Waals surface area contributed by atoms with Crippen LogP contribution in [0.25, 0.3) is 0 Å². The smallest absolute Gasteiger partial charge is 0.209 e. The molecule has 2 N–H and O–H groups in total. The number of hydrogen-bond acceptors (Lipinski definition) is 5. The molecule has 0 aromatic heterocycles. The van der Waals surface area contributed by atoms with E-state index in [0.717, 1.165) is 19.4 Å². The van der Waals surface area contributed by atoms with Crippen molar-refractivity contribution in [3.63, 3.8) is 0 Å². The molecule has 0 amide bonds. The summed E-state index contributed by atoms with van der Waals surface area (Å²) in [6.45, 7) is 2.88. The van der Waals surface area contributed by atoms with E-state index >= 15 is 0 Å². The number of sulfonamides is 1. The molecule has 6 nitrogen and oxygen atoms in total. The lowest BCUT2D eigenvalue weighted by Gasteiger charge is -2.36. The lowest BCUT2D eigenvalue weighted by atomic mass is 9.83. The first-order chi connectivity index (χ1) is 9.49. The number of hydrogen-bond donors (Lipinski definition) is 1. The van der Waals surface area contributed by atoms with E-state index in [0.29, 0.717) is 39.3 Å². The Labute approximate surface area is 121 Å². The van der Waals surface area contributed by atoms with Crippen LogP contribution in [0.5, 0.6) is 0 Å². The van der Waals surface area contributed by atoms with E-state index in [1.807, 2.05) is 0 Å². The fraction of sp³-hybridized carbons (Fsp3) is 1.00. The third kappa shape index (κ3) is 5.29. The van der Waals surface area contributed by atoms with Crippen molar-refractivity contribution in [3.05, 3.63) is 0 Å². The molecule has 2 rings (SSSR count). The number of nitrogens with two attached hydrogens (primary N) is 1. The van der Waals surface area contributed by atoms with Crippen LogP contribution in [0.15, 0.2) is 0 Å². The van der Waals surface area contributed by atoms with Gasteiger partial charge >= 0.3 is 0 Å². The van der Waals surface area contributed by atoms with Gasteiger partial charge in [0.2, 0.25) is 10.0 Å². The Morgan fingerprint density at radius 1 is 1.20 bits per heavy atom. The van der Waals surface area contributed by atoms with Crippen LogP contribution < -0.4 is 5.14 Å². The second-order valence-corrected chi connectivity index (χ2v) is 7.54. The molecule has 2 heterocycles. The summed E-state index contributed by atoms with van der Waals surface area (Å²) in [7, 11) is -3.50. The van der Waals surface area contributed by atoms with Crippen molar-refractivity contribution in [2.75, 3.05) is 38.8 Å². The van der Waals surface area contributed by atoms with Crippen LogP contribution in [0, 0.1) is 5.41 Å². The average molecular weight is 307 g/mol. The molecule has 0 aromatic rings. The van der Waals surface area contributed by atoms with Gasteiger partial charge in [-0.2, -0.15) is 0 Å². The van der Waals surface area contributed by atoms with Crippen molar-refractivity contribution in [3.8, 4) is 0 Å². The first-order valence-corrected chi connectivity index (χ1v) is 8.98. The summed E-state index contributed by atoms with van der Waals surface area (Å²) in [4.78, 5) is 0. The third-order valence-corrected chi connectivity index (χ3v) is 5.06. The third-order valence-electron chi connectivity index (χ3n) is 4.05. The van der Waals surface area contributed by atoms with Crippen molar-refractivity contribution in [2.24, 2.45) is 10.6 Å². The minimum absolute atomic E-state index is 0.0329. The molecule has 0 aliphatic carbocycles. The maximum absolute atomic E-state index is 11.4. The van der Waals surface area contributed by atoms with Gasteiger partial charge in [-0.3, -0.25) is 0 Å². The first-order valence-electron chi connectivity index (χ1n) is 7.27. The molecule has 1 unspecified atom stereocenters. The van der Waals surface area contributed by atoms with Gasteiger partial charge in [0, 0.05) is 25.2 Å². The van der Waals surface area contributed by atoms with Gasteiger partial charge in [0.05, 0.1) is 25.1 Å². The predicted molar refractivity (Wildman–Crippen MR) is 74.9 cm³/mol. The fourth-order valence-electron chi connectivity index (χ4n) is 2.91. The lowest BCUT2D eigenvalue weighted by Crippen LogP contribution is -2.42. The van der Waals surface area contributed by atoms with E-state index in [2.05, 4.69) is 0 Å². The molecule has 2 saturated heterocycles. The van der Waals surface area contributed by atoms with Crippen molar-refractivity contribution < 1.29 is 22.6 Å². The van der Waals surface area contributed by atoms with Gasteiger partial charge in [-0.1, -0.05) is 0 Å². The summed E-state index contributed by atoms with van der Waals surface area (Å²) >= 11 is 0. The molecule has 2 fully saturated rings. The zero-order valence-corrected chi connectivity index (χ0v) is 12.7. The average Bonchev–Trinajstić information content (AvgIpc) is 2.39. The van der Waals surface area contributed by atoms with Gasteiger partial charge in [0.15, 0.2) is 0 Å². The minimum Gasteiger partial charge on any atom is -0.381 e. The summed E-state index contributed by atoms with van der Waals surface area (Å²) < 4.78 is 39.5. The van der Waals surface area contributed by atoms with E-state index in [4.69, 9.17) is 19.3 Å². The molecule has 1 atom stereocenters. The van der Waals surface area contributed by atoms with Crippen LogP contribution in [0.1, 0.15) is 32.1 Å². The Morgan fingerprint density at radius 3 is 2.55 bits per heavy atom. The highest BCUT2D eigenvalue weighted by atomic mass is 32.2. The van der Waals surface area contributed by atoms with Crippen molar-refractivity contribution >= 4 is 10.0 Å². The maximum atomic E-state index is 11.4. The highest BCUT2D eigenvalue weighted by Crippen LogP contribution is 2.32. The highest BCUT2D eigenvalue weighted by molar-refractivity contribution is 7.89. The maximum Gasteiger partial charge on any atom is 0.209 e. The first kappa shape index (κ1) is 16.2. The summed E-state index contributed by atoms with van der Waals surface area (Å²) in [6.07, 6.45) is 4.80. The second kappa shape index (κ2) is 7.17. The molecule has 0 bridgehead atoms. The van der Waals surface area contributed by atoms with Crippen LogP contribution in [0.3, 0.4) is 0 Å². The van der Waals surface area contributed by atoms with Gasteiger partial charge in [-0.05, 0) is 32.1 Å². The van der Waals surface area contributed by atoms with E-state index in [-0.39, 0.29) is 11.9 Å². The van der Waals surface area contributed by atoms with E-state index < -0.39 is 15.4 Å². The molecular weight excluding hydrogens is 282 g/mol. The second-order valence-electron chi connectivity index (χ2n) is 5.92. The zero-order chi connectivity index (χ0) is 14.5. The monoisotopic (exact) mass is 307 g/mol. The van der Waals surface area contributed by atoms with Crippen LogP contribution in [0.2, 0.25) is 0 Å². The summed E-state index contributed by atoms with van der Waals surface area (Å²) in [6, 6.07) is 0. The van der Waals surface area contributed by atoms with Crippen LogP contribution in [0.4, 0.5) is 0 Å². The number of primary sulfonamides is 1. The molecular formula is C13H25NO5S. The predicted octanol–water partition coefficient (Wildman–Crippen LogP) is 0.657.